The highest BCUT2D eigenvalue weighted by atomic mass is 16.5. The minimum absolute atomic E-state index is 0.0302. The fraction of sp³-hybridized carbons (Fsp3) is 0.300. The third kappa shape index (κ3) is 5.51. The molecule has 1 N–H and O–H groups in total. The highest BCUT2D eigenvalue weighted by Crippen LogP contribution is 2.22. The lowest BCUT2D eigenvalue weighted by molar-refractivity contribution is -0.130. The van der Waals surface area contributed by atoms with E-state index in [9.17, 15) is 9.59 Å². The minimum atomic E-state index is -0.277. The van der Waals surface area contributed by atoms with Crippen LogP contribution in [0.4, 0.5) is 0 Å². The van der Waals surface area contributed by atoms with E-state index in [-0.39, 0.29) is 24.8 Å². The molecule has 0 aliphatic heterocycles. The van der Waals surface area contributed by atoms with Gasteiger partial charge in [0.1, 0.15) is 11.5 Å². The van der Waals surface area contributed by atoms with Crippen LogP contribution in [0, 0.1) is 0 Å². The number of hydrogen-bond acceptors (Lipinski definition) is 4. The van der Waals surface area contributed by atoms with Gasteiger partial charge in [0.2, 0.25) is 5.91 Å². The van der Waals surface area contributed by atoms with Crippen LogP contribution in [0.25, 0.3) is 0 Å². The van der Waals surface area contributed by atoms with Gasteiger partial charge in [-0.15, -0.1) is 0 Å². The van der Waals surface area contributed by atoms with Gasteiger partial charge in [-0.05, 0) is 17.7 Å². The lowest BCUT2D eigenvalue weighted by Crippen LogP contribution is -2.31. The Hall–Kier alpha value is -3.02. The second-order valence-corrected chi connectivity index (χ2v) is 5.84. The molecule has 2 aromatic rings. The summed E-state index contributed by atoms with van der Waals surface area (Å²) in [7, 11) is 4.81. The summed E-state index contributed by atoms with van der Waals surface area (Å²) in [5, 5.41) is 2.75. The van der Waals surface area contributed by atoms with Crippen molar-refractivity contribution in [2.75, 3.05) is 27.8 Å². The average Bonchev–Trinajstić information content (AvgIpc) is 2.67. The molecule has 0 aromatic heterocycles. The molecule has 0 aliphatic rings. The van der Waals surface area contributed by atoms with Crippen LogP contribution in [0.5, 0.6) is 11.5 Å². The van der Waals surface area contributed by atoms with E-state index >= 15 is 0 Å². The summed E-state index contributed by atoms with van der Waals surface area (Å²) in [6, 6.07) is 14.7. The Balaban J connectivity index is 1.85. The second kappa shape index (κ2) is 9.46. The van der Waals surface area contributed by atoms with Gasteiger partial charge in [0.25, 0.3) is 5.91 Å². The average molecular weight is 356 g/mol. The van der Waals surface area contributed by atoms with Crippen LogP contribution in [0.3, 0.4) is 0 Å². The van der Waals surface area contributed by atoms with E-state index in [1.165, 1.54) is 14.2 Å². The number of carbonyl (C=O) groups is 2. The summed E-state index contributed by atoms with van der Waals surface area (Å²) < 4.78 is 10.3. The molecule has 0 fully saturated rings. The molecule has 138 valence electrons. The second-order valence-electron chi connectivity index (χ2n) is 5.84. The molecule has 2 aromatic carbocycles. The molecule has 26 heavy (non-hydrogen) atoms. The zero-order chi connectivity index (χ0) is 18.9. The Morgan fingerprint density at radius 2 is 1.62 bits per heavy atom. The predicted octanol–water partition coefficient (Wildman–Crippen LogP) is 2.48. The summed E-state index contributed by atoms with van der Waals surface area (Å²) in [5.41, 5.74) is 1.49. The lowest BCUT2D eigenvalue weighted by atomic mass is 10.2. The summed E-state index contributed by atoms with van der Waals surface area (Å²) in [6.45, 7) is 0.803. The Morgan fingerprint density at radius 1 is 1.00 bits per heavy atom. The first kappa shape index (κ1) is 19.3. The zero-order valence-electron chi connectivity index (χ0n) is 15.3. The quantitative estimate of drug-likeness (QED) is 0.789. The molecule has 0 atom stereocenters. The number of hydrogen-bond donors (Lipinski definition) is 1. The van der Waals surface area contributed by atoms with Gasteiger partial charge in [-0.3, -0.25) is 9.59 Å². The van der Waals surface area contributed by atoms with E-state index in [1.807, 2.05) is 30.3 Å². The Kier molecular flexibility index (Phi) is 7.02. The standard InChI is InChI=1S/C20H24N2O4/c1-22(14-15-7-5-4-6-8-15)19(23)9-10-21-20(24)16-11-17(25-2)13-18(12-16)26-3/h4-8,11-13H,9-10,14H2,1-3H3,(H,21,24). The molecular formula is C20H24N2O4. The topological polar surface area (TPSA) is 67.9 Å². The largest absolute Gasteiger partial charge is 0.497 e. The highest BCUT2D eigenvalue weighted by Gasteiger charge is 2.12. The molecule has 0 aliphatic carbocycles. The number of ether oxygens (including phenoxy) is 2. The summed E-state index contributed by atoms with van der Waals surface area (Å²) in [6.07, 6.45) is 0.232. The maximum absolute atomic E-state index is 12.3. The lowest BCUT2D eigenvalue weighted by Gasteiger charge is -2.17. The maximum Gasteiger partial charge on any atom is 0.251 e. The van der Waals surface area contributed by atoms with Crippen molar-refractivity contribution in [3.05, 3.63) is 59.7 Å². The number of nitrogens with zero attached hydrogens (tertiary/aromatic N) is 1. The van der Waals surface area contributed by atoms with E-state index in [0.29, 0.717) is 23.6 Å². The smallest absolute Gasteiger partial charge is 0.251 e. The van der Waals surface area contributed by atoms with Crippen molar-refractivity contribution in [2.45, 2.75) is 13.0 Å². The molecule has 6 heteroatoms. The van der Waals surface area contributed by atoms with Crippen molar-refractivity contribution < 1.29 is 19.1 Å². The summed E-state index contributed by atoms with van der Waals surface area (Å²) >= 11 is 0. The van der Waals surface area contributed by atoms with Gasteiger partial charge in [-0.1, -0.05) is 30.3 Å². The number of benzene rings is 2. The van der Waals surface area contributed by atoms with Crippen molar-refractivity contribution in [3.63, 3.8) is 0 Å². The van der Waals surface area contributed by atoms with Gasteiger partial charge in [0.05, 0.1) is 14.2 Å². The molecule has 0 saturated carbocycles. The molecule has 6 nitrogen and oxygen atoms in total. The van der Waals surface area contributed by atoms with E-state index in [4.69, 9.17) is 9.47 Å². The number of carbonyl (C=O) groups excluding carboxylic acids is 2. The molecule has 2 rings (SSSR count). The highest BCUT2D eigenvalue weighted by molar-refractivity contribution is 5.95. The van der Waals surface area contributed by atoms with Crippen LogP contribution >= 0.6 is 0 Å². The first-order chi connectivity index (χ1) is 12.5. The Bertz CT molecular complexity index is 724. The first-order valence-electron chi connectivity index (χ1n) is 8.32. The van der Waals surface area contributed by atoms with Crippen LogP contribution < -0.4 is 14.8 Å². The SMILES string of the molecule is COc1cc(OC)cc(C(=O)NCCC(=O)N(C)Cc2ccccc2)c1. The molecular weight excluding hydrogens is 332 g/mol. The van der Waals surface area contributed by atoms with Crippen molar-refractivity contribution in [1.82, 2.24) is 10.2 Å². The van der Waals surface area contributed by atoms with Gasteiger partial charge in [0.15, 0.2) is 0 Å². The monoisotopic (exact) mass is 356 g/mol. The van der Waals surface area contributed by atoms with Gasteiger partial charge in [0, 0.05) is 38.2 Å². The van der Waals surface area contributed by atoms with Crippen molar-refractivity contribution >= 4 is 11.8 Å². The van der Waals surface area contributed by atoms with Gasteiger partial charge in [-0.25, -0.2) is 0 Å². The third-order valence-corrected chi connectivity index (χ3v) is 3.93. The van der Waals surface area contributed by atoms with E-state index in [1.54, 1.807) is 30.1 Å². The number of rotatable bonds is 8. The van der Waals surface area contributed by atoms with Crippen molar-refractivity contribution in [3.8, 4) is 11.5 Å². The Labute approximate surface area is 153 Å². The molecule has 0 saturated heterocycles. The number of nitrogens with one attached hydrogen (secondary N) is 1. The van der Waals surface area contributed by atoms with Crippen molar-refractivity contribution in [1.29, 1.82) is 0 Å². The van der Waals surface area contributed by atoms with Gasteiger partial charge >= 0.3 is 0 Å². The van der Waals surface area contributed by atoms with E-state index in [0.717, 1.165) is 5.56 Å². The Morgan fingerprint density at radius 3 is 2.19 bits per heavy atom. The minimum Gasteiger partial charge on any atom is -0.497 e. The molecule has 0 radical (unpaired) electrons. The van der Waals surface area contributed by atoms with Crippen LogP contribution in [-0.2, 0) is 11.3 Å². The number of methoxy groups -OCH3 is 2. The fourth-order valence-electron chi connectivity index (χ4n) is 2.46. The normalized spacial score (nSPS) is 10.1. The number of amides is 2. The first-order valence-corrected chi connectivity index (χ1v) is 8.32. The van der Waals surface area contributed by atoms with Gasteiger partial charge in [-0.2, -0.15) is 0 Å². The van der Waals surface area contributed by atoms with Crippen molar-refractivity contribution in [2.24, 2.45) is 0 Å². The molecule has 2 amide bonds. The predicted molar refractivity (Wildman–Crippen MR) is 99.4 cm³/mol. The van der Waals surface area contributed by atoms with Crippen LogP contribution in [-0.4, -0.2) is 44.5 Å². The molecule has 0 spiro atoms. The summed E-state index contributed by atoms with van der Waals surface area (Å²) in [5.74, 6) is 0.763. The molecule has 0 bridgehead atoms. The van der Waals surface area contributed by atoms with E-state index in [2.05, 4.69) is 5.32 Å². The van der Waals surface area contributed by atoms with Crippen LogP contribution in [0.2, 0.25) is 0 Å². The van der Waals surface area contributed by atoms with Gasteiger partial charge < -0.3 is 19.7 Å². The van der Waals surface area contributed by atoms with Crippen LogP contribution in [0.1, 0.15) is 22.3 Å². The summed E-state index contributed by atoms with van der Waals surface area (Å²) in [4.78, 5) is 26.1. The molecule has 0 unspecified atom stereocenters. The zero-order valence-corrected chi connectivity index (χ0v) is 15.3. The molecule has 0 heterocycles. The fourth-order valence-corrected chi connectivity index (χ4v) is 2.46. The van der Waals surface area contributed by atoms with E-state index < -0.39 is 0 Å². The third-order valence-electron chi connectivity index (χ3n) is 3.93. The maximum atomic E-state index is 12.3. The van der Waals surface area contributed by atoms with Crippen LogP contribution in [0.15, 0.2) is 48.5 Å².